The van der Waals surface area contributed by atoms with Gasteiger partial charge in [-0.25, -0.2) is 0 Å². The Morgan fingerprint density at radius 1 is 1.29 bits per heavy atom. The molecule has 5 nitrogen and oxygen atoms in total. The van der Waals surface area contributed by atoms with E-state index in [0.717, 1.165) is 26.1 Å². The van der Waals surface area contributed by atoms with Crippen LogP contribution in [0.5, 0.6) is 0 Å². The van der Waals surface area contributed by atoms with Gasteiger partial charge in [0.15, 0.2) is 0 Å². The number of rotatable bonds is 2. The smallest absolute Gasteiger partial charge is 0.222 e. The van der Waals surface area contributed by atoms with E-state index in [2.05, 4.69) is 9.80 Å². The van der Waals surface area contributed by atoms with Gasteiger partial charge in [-0.1, -0.05) is 6.42 Å². The number of likely N-dealkylation sites (N-methyl/N-ethyl adjacent to an activating group) is 1. The third-order valence-corrected chi connectivity index (χ3v) is 3.49. The Balaban J connectivity index is 1.88. The molecule has 0 aromatic carbocycles. The first-order chi connectivity index (χ1) is 8.16. The summed E-state index contributed by atoms with van der Waals surface area (Å²) in [6.45, 7) is 3.15. The largest absolute Gasteiger partial charge is 0.346 e. The number of nitrogens with zero attached hydrogens (tertiary/aromatic N) is 3. The van der Waals surface area contributed by atoms with Crippen molar-refractivity contribution in [1.82, 2.24) is 14.7 Å². The minimum atomic E-state index is 0.0493. The molecule has 17 heavy (non-hydrogen) atoms. The number of carbonyl (C=O) groups excluding carboxylic acids is 1. The molecule has 0 spiro atoms. The fourth-order valence-corrected chi connectivity index (χ4v) is 2.47. The molecule has 5 heteroatoms. The molecule has 2 aliphatic rings. The first-order valence-electron chi connectivity index (χ1n) is 6.45. The summed E-state index contributed by atoms with van der Waals surface area (Å²) >= 11 is 0. The van der Waals surface area contributed by atoms with Crippen LogP contribution in [0.25, 0.3) is 0 Å². The van der Waals surface area contributed by atoms with Crippen LogP contribution in [0.3, 0.4) is 0 Å². The molecule has 0 radical (unpaired) electrons. The monoisotopic (exact) mass is 241 g/mol. The zero-order chi connectivity index (χ0) is 12.3. The van der Waals surface area contributed by atoms with Crippen LogP contribution in [0, 0.1) is 0 Å². The van der Waals surface area contributed by atoms with Gasteiger partial charge in [0.05, 0.1) is 13.2 Å². The molecule has 0 aromatic heterocycles. The Kier molecular flexibility index (Phi) is 4.36. The molecule has 2 aliphatic heterocycles. The Bertz CT molecular complexity index is 272. The van der Waals surface area contributed by atoms with Crippen molar-refractivity contribution in [2.45, 2.75) is 31.9 Å². The van der Waals surface area contributed by atoms with Crippen LogP contribution >= 0.6 is 0 Å². The van der Waals surface area contributed by atoms with Crippen molar-refractivity contribution in [2.75, 3.05) is 40.6 Å². The highest BCUT2D eigenvalue weighted by molar-refractivity contribution is 5.76. The Labute approximate surface area is 103 Å². The summed E-state index contributed by atoms with van der Waals surface area (Å²) in [5.74, 6) is 0.290. The quantitative estimate of drug-likeness (QED) is 0.706. The molecule has 0 aliphatic carbocycles. The van der Waals surface area contributed by atoms with Crippen molar-refractivity contribution in [1.29, 1.82) is 0 Å². The van der Waals surface area contributed by atoms with Gasteiger partial charge in [0.1, 0.15) is 13.0 Å². The summed E-state index contributed by atoms with van der Waals surface area (Å²) in [7, 11) is 4.08. The lowest BCUT2D eigenvalue weighted by molar-refractivity contribution is -0.166. The first-order valence-corrected chi connectivity index (χ1v) is 6.45. The fourth-order valence-electron chi connectivity index (χ4n) is 2.47. The molecule has 2 fully saturated rings. The van der Waals surface area contributed by atoms with E-state index >= 15 is 0 Å². The highest BCUT2D eigenvalue weighted by Gasteiger charge is 2.27. The van der Waals surface area contributed by atoms with Gasteiger partial charge in [-0.05, 0) is 26.9 Å². The fraction of sp³-hybridized carbons (Fsp3) is 0.917. The van der Waals surface area contributed by atoms with Gasteiger partial charge >= 0.3 is 0 Å². The second-order valence-corrected chi connectivity index (χ2v) is 5.16. The van der Waals surface area contributed by atoms with Crippen molar-refractivity contribution in [3.8, 4) is 0 Å². The van der Waals surface area contributed by atoms with E-state index in [1.807, 2.05) is 19.0 Å². The van der Waals surface area contributed by atoms with Crippen molar-refractivity contribution in [3.63, 3.8) is 0 Å². The molecule has 2 rings (SSSR count). The lowest BCUT2D eigenvalue weighted by Crippen LogP contribution is -2.53. The first kappa shape index (κ1) is 12.8. The highest BCUT2D eigenvalue weighted by atomic mass is 16.5. The second kappa shape index (κ2) is 5.80. The zero-order valence-electron chi connectivity index (χ0n) is 10.9. The molecule has 0 N–H and O–H groups in total. The maximum Gasteiger partial charge on any atom is 0.222 e. The topological polar surface area (TPSA) is 36.0 Å². The molecule has 1 amide bonds. The third-order valence-electron chi connectivity index (χ3n) is 3.49. The minimum Gasteiger partial charge on any atom is -0.346 e. The Hall–Kier alpha value is -0.650. The normalized spacial score (nSPS) is 29.4. The summed E-state index contributed by atoms with van der Waals surface area (Å²) in [5.41, 5.74) is 0. The van der Waals surface area contributed by atoms with Gasteiger partial charge in [-0.3, -0.25) is 14.6 Å². The van der Waals surface area contributed by atoms with E-state index < -0.39 is 0 Å². The van der Waals surface area contributed by atoms with Crippen molar-refractivity contribution in [3.05, 3.63) is 0 Å². The van der Waals surface area contributed by atoms with Gasteiger partial charge in [0.25, 0.3) is 0 Å². The molecular weight excluding hydrogens is 218 g/mol. The van der Waals surface area contributed by atoms with Gasteiger partial charge in [-0.15, -0.1) is 0 Å². The van der Waals surface area contributed by atoms with Gasteiger partial charge in [0, 0.05) is 13.0 Å². The van der Waals surface area contributed by atoms with Crippen LogP contribution in [0.15, 0.2) is 0 Å². The predicted octanol–water partition coefficient (Wildman–Crippen LogP) is 0.524. The summed E-state index contributed by atoms with van der Waals surface area (Å²) in [6.07, 6.45) is 4.10. The van der Waals surface area contributed by atoms with Gasteiger partial charge < -0.3 is 9.64 Å². The molecule has 0 bridgehead atoms. The van der Waals surface area contributed by atoms with Crippen molar-refractivity contribution in [2.24, 2.45) is 0 Å². The number of likely N-dealkylation sites (tertiary alicyclic amines) is 1. The SMILES string of the molecule is CN1COC(CN2CCCCCC2=O)N(C)C1. The Morgan fingerprint density at radius 3 is 2.88 bits per heavy atom. The number of amides is 1. The lowest BCUT2D eigenvalue weighted by Gasteiger charge is -2.39. The number of hydrogen-bond donors (Lipinski definition) is 0. The Morgan fingerprint density at radius 2 is 2.12 bits per heavy atom. The summed E-state index contributed by atoms with van der Waals surface area (Å²) in [4.78, 5) is 18.1. The molecule has 1 atom stereocenters. The maximum absolute atomic E-state index is 11.9. The molecule has 2 saturated heterocycles. The molecular formula is C12H23N3O2. The summed E-state index contributed by atoms with van der Waals surface area (Å²) in [6, 6.07) is 0. The van der Waals surface area contributed by atoms with Crippen LogP contribution in [0.1, 0.15) is 25.7 Å². The van der Waals surface area contributed by atoms with Crippen molar-refractivity contribution < 1.29 is 9.53 Å². The number of carbonyl (C=O) groups is 1. The number of hydrogen-bond acceptors (Lipinski definition) is 4. The van der Waals surface area contributed by atoms with Crippen molar-refractivity contribution >= 4 is 5.91 Å². The highest BCUT2D eigenvalue weighted by Crippen LogP contribution is 2.15. The lowest BCUT2D eigenvalue weighted by atomic mass is 10.2. The van der Waals surface area contributed by atoms with E-state index in [4.69, 9.17) is 4.74 Å². The minimum absolute atomic E-state index is 0.0493. The molecule has 0 aromatic rings. The second-order valence-electron chi connectivity index (χ2n) is 5.16. The van der Waals surface area contributed by atoms with E-state index in [-0.39, 0.29) is 6.23 Å². The zero-order valence-corrected chi connectivity index (χ0v) is 10.9. The average molecular weight is 241 g/mol. The van der Waals surface area contributed by atoms with Gasteiger partial charge in [-0.2, -0.15) is 0 Å². The molecule has 98 valence electrons. The van der Waals surface area contributed by atoms with Crippen LogP contribution in [-0.4, -0.2) is 67.4 Å². The van der Waals surface area contributed by atoms with Crippen LogP contribution in [0.4, 0.5) is 0 Å². The van der Waals surface area contributed by atoms with Crippen LogP contribution in [-0.2, 0) is 9.53 Å². The summed E-state index contributed by atoms with van der Waals surface area (Å²) < 4.78 is 5.75. The van der Waals surface area contributed by atoms with Gasteiger partial charge in [0.2, 0.25) is 5.91 Å². The standard InChI is InChI=1S/C12H23N3O2/c1-13-9-14(2)12(17-10-13)8-15-7-5-3-4-6-11(15)16/h12H,3-10H2,1-2H3. The summed E-state index contributed by atoms with van der Waals surface area (Å²) in [5, 5.41) is 0. The number of ether oxygens (including phenoxy) is 1. The maximum atomic E-state index is 11.9. The van der Waals surface area contributed by atoms with E-state index in [9.17, 15) is 4.79 Å². The molecule has 2 heterocycles. The third kappa shape index (κ3) is 3.40. The molecule has 0 saturated carbocycles. The van der Waals surface area contributed by atoms with E-state index in [1.54, 1.807) is 0 Å². The van der Waals surface area contributed by atoms with Crippen LogP contribution in [0.2, 0.25) is 0 Å². The average Bonchev–Trinajstić information content (AvgIpc) is 2.48. The van der Waals surface area contributed by atoms with E-state index in [0.29, 0.717) is 25.6 Å². The van der Waals surface area contributed by atoms with E-state index in [1.165, 1.54) is 6.42 Å². The van der Waals surface area contributed by atoms with Crippen LogP contribution < -0.4 is 0 Å². The predicted molar refractivity (Wildman–Crippen MR) is 65.2 cm³/mol. The molecule has 1 unspecified atom stereocenters.